The van der Waals surface area contributed by atoms with Crippen LogP contribution < -0.4 is 10.2 Å². The number of halogens is 2. The third-order valence-corrected chi connectivity index (χ3v) is 4.00. The topological polar surface area (TPSA) is 56.1 Å². The molecule has 1 amide bonds. The van der Waals surface area contributed by atoms with E-state index in [1.165, 1.54) is 12.1 Å². The number of carbonyl (C=O) groups excluding carboxylic acids is 1. The zero-order chi connectivity index (χ0) is 17.7. The van der Waals surface area contributed by atoms with Crippen molar-refractivity contribution >= 4 is 46.6 Å². The van der Waals surface area contributed by atoms with Crippen LogP contribution in [-0.2, 0) is 4.79 Å². The van der Waals surface area contributed by atoms with Crippen LogP contribution in [0.3, 0.4) is 0 Å². The summed E-state index contributed by atoms with van der Waals surface area (Å²) < 4.78 is 0. The van der Waals surface area contributed by atoms with Crippen LogP contribution in [0.25, 0.3) is 6.08 Å². The average molecular weight is 360 g/mol. The van der Waals surface area contributed by atoms with E-state index in [2.05, 4.69) is 5.32 Å². The molecule has 122 valence electrons. The molecule has 2 aromatic carbocycles. The number of hydrogen-bond donors (Lipinski definition) is 1. The van der Waals surface area contributed by atoms with Crippen molar-refractivity contribution in [3.05, 3.63) is 63.6 Å². The Morgan fingerprint density at radius 3 is 2.33 bits per heavy atom. The largest absolute Gasteiger partial charge is 0.378 e. The summed E-state index contributed by atoms with van der Waals surface area (Å²) in [6.07, 6.45) is 1.53. The van der Waals surface area contributed by atoms with Crippen LogP contribution in [0, 0.1) is 11.3 Å². The second-order valence-electron chi connectivity index (χ2n) is 5.24. The lowest BCUT2D eigenvalue weighted by atomic mass is 10.1. The van der Waals surface area contributed by atoms with Gasteiger partial charge in [0.15, 0.2) is 0 Å². The Balaban J connectivity index is 2.18. The molecule has 24 heavy (non-hydrogen) atoms. The fourth-order valence-corrected chi connectivity index (χ4v) is 2.25. The molecule has 0 spiro atoms. The van der Waals surface area contributed by atoms with E-state index in [1.54, 1.807) is 12.1 Å². The predicted octanol–water partition coefficient (Wildman–Crippen LogP) is 4.61. The highest BCUT2D eigenvalue weighted by Gasteiger charge is 2.10. The lowest BCUT2D eigenvalue weighted by Gasteiger charge is -2.12. The Bertz CT molecular complexity index is 821. The Hall–Kier alpha value is -2.48. The Kier molecular flexibility index (Phi) is 5.86. The summed E-state index contributed by atoms with van der Waals surface area (Å²) in [6.45, 7) is 0. The first-order chi connectivity index (χ1) is 11.4. The van der Waals surface area contributed by atoms with Gasteiger partial charge in [-0.05, 0) is 42.0 Å². The van der Waals surface area contributed by atoms with Crippen LogP contribution >= 0.6 is 23.2 Å². The Morgan fingerprint density at radius 2 is 1.79 bits per heavy atom. The summed E-state index contributed by atoms with van der Waals surface area (Å²) in [4.78, 5) is 14.2. The van der Waals surface area contributed by atoms with Crippen molar-refractivity contribution in [3.63, 3.8) is 0 Å². The lowest BCUT2D eigenvalue weighted by molar-refractivity contribution is -0.112. The van der Waals surface area contributed by atoms with Gasteiger partial charge in [0.25, 0.3) is 5.91 Å². The SMILES string of the molecule is CN(C)c1ccc(/C=C(\C#N)C(=O)Nc2ccc(Cl)c(Cl)c2)cc1. The van der Waals surface area contributed by atoms with E-state index in [1.807, 2.05) is 49.3 Å². The first kappa shape index (κ1) is 17.9. The van der Waals surface area contributed by atoms with Crippen molar-refractivity contribution in [2.75, 3.05) is 24.3 Å². The minimum atomic E-state index is -0.507. The molecule has 0 atom stereocenters. The number of benzene rings is 2. The van der Waals surface area contributed by atoms with E-state index in [-0.39, 0.29) is 5.57 Å². The first-order valence-electron chi connectivity index (χ1n) is 7.06. The van der Waals surface area contributed by atoms with Crippen LogP contribution in [-0.4, -0.2) is 20.0 Å². The van der Waals surface area contributed by atoms with Crippen molar-refractivity contribution in [3.8, 4) is 6.07 Å². The molecule has 0 saturated carbocycles. The quantitative estimate of drug-likeness (QED) is 0.640. The zero-order valence-electron chi connectivity index (χ0n) is 13.2. The highest BCUT2D eigenvalue weighted by molar-refractivity contribution is 6.42. The summed E-state index contributed by atoms with van der Waals surface area (Å²) in [5.41, 5.74) is 2.27. The number of amides is 1. The van der Waals surface area contributed by atoms with Gasteiger partial charge in [-0.2, -0.15) is 5.26 Å². The van der Waals surface area contributed by atoms with Gasteiger partial charge in [0.05, 0.1) is 10.0 Å². The van der Waals surface area contributed by atoms with Gasteiger partial charge in [0.2, 0.25) is 0 Å². The average Bonchev–Trinajstić information content (AvgIpc) is 2.56. The highest BCUT2D eigenvalue weighted by Crippen LogP contribution is 2.25. The number of nitriles is 1. The van der Waals surface area contributed by atoms with Gasteiger partial charge in [-0.3, -0.25) is 4.79 Å². The molecular weight excluding hydrogens is 345 g/mol. The number of hydrogen-bond acceptors (Lipinski definition) is 3. The molecule has 0 radical (unpaired) electrons. The lowest BCUT2D eigenvalue weighted by Crippen LogP contribution is -2.13. The predicted molar refractivity (Wildman–Crippen MR) is 99.5 cm³/mol. The fourth-order valence-electron chi connectivity index (χ4n) is 1.96. The summed E-state index contributed by atoms with van der Waals surface area (Å²) in [7, 11) is 3.88. The van der Waals surface area contributed by atoms with Gasteiger partial charge in [-0.25, -0.2) is 0 Å². The Morgan fingerprint density at radius 1 is 1.12 bits per heavy atom. The highest BCUT2D eigenvalue weighted by atomic mass is 35.5. The maximum Gasteiger partial charge on any atom is 0.266 e. The maximum absolute atomic E-state index is 12.2. The number of rotatable bonds is 4. The van der Waals surface area contributed by atoms with Gasteiger partial charge < -0.3 is 10.2 Å². The van der Waals surface area contributed by atoms with Crippen molar-refractivity contribution in [1.29, 1.82) is 5.26 Å². The summed E-state index contributed by atoms with van der Waals surface area (Å²) in [5.74, 6) is -0.507. The first-order valence-corrected chi connectivity index (χ1v) is 7.82. The van der Waals surface area contributed by atoms with Crippen molar-refractivity contribution < 1.29 is 4.79 Å². The molecule has 0 aliphatic rings. The van der Waals surface area contributed by atoms with Gasteiger partial charge in [0.1, 0.15) is 11.6 Å². The van der Waals surface area contributed by atoms with Crippen LogP contribution in [0.5, 0.6) is 0 Å². The van der Waals surface area contributed by atoms with Crippen molar-refractivity contribution in [2.24, 2.45) is 0 Å². The van der Waals surface area contributed by atoms with E-state index in [4.69, 9.17) is 23.2 Å². The third kappa shape index (κ3) is 4.51. The van der Waals surface area contributed by atoms with Crippen molar-refractivity contribution in [1.82, 2.24) is 0 Å². The standard InChI is InChI=1S/C18H15Cl2N3O/c1-23(2)15-6-3-12(4-7-15)9-13(11-21)18(24)22-14-5-8-16(19)17(20)10-14/h3-10H,1-2H3,(H,22,24)/b13-9+. The van der Waals surface area contributed by atoms with Crippen LogP contribution in [0.15, 0.2) is 48.0 Å². The number of nitrogens with zero attached hydrogens (tertiary/aromatic N) is 2. The van der Waals surface area contributed by atoms with E-state index in [0.29, 0.717) is 15.7 Å². The molecule has 0 aromatic heterocycles. The van der Waals surface area contributed by atoms with E-state index in [9.17, 15) is 10.1 Å². The molecule has 0 aliphatic heterocycles. The normalized spacial score (nSPS) is 10.9. The van der Waals surface area contributed by atoms with E-state index in [0.717, 1.165) is 11.3 Å². The smallest absolute Gasteiger partial charge is 0.266 e. The zero-order valence-corrected chi connectivity index (χ0v) is 14.7. The Labute approximate surface area is 150 Å². The molecule has 6 heteroatoms. The maximum atomic E-state index is 12.2. The second kappa shape index (κ2) is 7.87. The second-order valence-corrected chi connectivity index (χ2v) is 6.05. The molecular formula is C18H15Cl2N3O. The van der Waals surface area contributed by atoms with E-state index >= 15 is 0 Å². The molecule has 0 heterocycles. The van der Waals surface area contributed by atoms with E-state index < -0.39 is 5.91 Å². The van der Waals surface area contributed by atoms with Gasteiger partial charge in [-0.1, -0.05) is 35.3 Å². The molecule has 0 saturated heterocycles. The fraction of sp³-hybridized carbons (Fsp3) is 0.111. The van der Waals surface area contributed by atoms with Crippen LogP contribution in [0.4, 0.5) is 11.4 Å². The number of carbonyl (C=O) groups is 1. The minimum absolute atomic E-state index is 0.00123. The third-order valence-electron chi connectivity index (χ3n) is 3.26. The van der Waals surface area contributed by atoms with Gasteiger partial charge in [0, 0.05) is 25.5 Å². The minimum Gasteiger partial charge on any atom is -0.378 e. The summed E-state index contributed by atoms with van der Waals surface area (Å²) in [6, 6.07) is 14.2. The molecule has 0 unspecified atom stereocenters. The molecule has 2 aromatic rings. The monoisotopic (exact) mass is 359 g/mol. The molecule has 4 nitrogen and oxygen atoms in total. The molecule has 2 rings (SSSR count). The summed E-state index contributed by atoms with van der Waals surface area (Å²) >= 11 is 11.8. The molecule has 1 N–H and O–H groups in total. The number of nitrogens with one attached hydrogen (secondary N) is 1. The molecule has 0 bridgehead atoms. The van der Waals surface area contributed by atoms with Crippen molar-refractivity contribution in [2.45, 2.75) is 0 Å². The van der Waals surface area contributed by atoms with Gasteiger partial charge >= 0.3 is 0 Å². The van der Waals surface area contributed by atoms with Crippen LogP contribution in [0.1, 0.15) is 5.56 Å². The molecule has 0 fully saturated rings. The molecule has 0 aliphatic carbocycles. The number of anilines is 2. The van der Waals surface area contributed by atoms with Gasteiger partial charge in [-0.15, -0.1) is 0 Å². The summed E-state index contributed by atoms with van der Waals surface area (Å²) in [5, 5.41) is 12.6. The van der Waals surface area contributed by atoms with Crippen LogP contribution in [0.2, 0.25) is 10.0 Å².